The lowest BCUT2D eigenvalue weighted by Crippen LogP contribution is -2.17. The van der Waals surface area contributed by atoms with Crippen molar-refractivity contribution in [2.24, 2.45) is 0 Å². The van der Waals surface area contributed by atoms with Crippen molar-refractivity contribution in [3.8, 4) is 11.5 Å². The summed E-state index contributed by atoms with van der Waals surface area (Å²) in [6.45, 7) is -0.324. The smallest absolute Gasteiger partial charge is 0.489 e. The van der Waals surface area contributed by atoms with Gasteiger partial charge in [0.25, 0.3) is 5.91 Å². The van der Waals surface area contributed by atoms with E-state index >= 15 is 0 Å². The number of nitrogens with one attached hydrogen (secondary N) is 2. The molecule has 4 aromatic rings. The highest BCUT2D eigenvalue weighted by Gasteiger charge is 2.31. The van der Waals surface area contributed by atoms with Crippen LogP contribution in [-0.2, 0) is 6.61 Å². The zero-order chi connectivity index (χ0) is 23.6. The Bertz CT molecular complexity index is 1280. The van der Waals surface area contributed by atoms with E-state index in [-0.39, 0.29) is 23.6 Å². The van der Waals surface area contributed by atoms with Crippen LogP contribution in [0.3, 0.4) is 0 Å². The molecule has 1 heterocycles. The number of carbonyl (C=O) groups excluding carboxylic acids is 1. The van der Waals surface area contributed by atoms with Gasteiger partial charge in [0.05, 0.1) is 11.1 Å². The quantitative estimate of drug-likeness (QED) is 0.367. The van der Waals surface area contributed by atoms with Crippen LogP contribution in [0.25, 0.3) is 10.9 Å². The molecule has 33 heavy (non-hydrogen) atoms. The normalized spacial score (nSPS) is 11.4. The first-order valence-corrected chi connectivity index (χ1v) is 9.40. The van der Waals surface area contributed by atoms with Gasteiger partial charge < -0.3 is 14.8 Å². The summed E-state index contributed by atoms with van der Waals surface area (Å²) < 4.78 is 73.4. The van der Waals surface area contributed by atoms with Crippen LogP contribution in [0.4, 0.5) is 27.8 Å². The lowest BCUT2D eigenvalue weighted by Gasteiger charge is -2.09. The van der Waals surface area contributed by atoms with Crippen LogP contribution < -0.4 is 14.8 Å². The van der Waals surface area contributed by atoms with Crippen molar-refractivity contribution < 1.29 is 36.2 Å². The maximum atomic E-state index is 13.7. The lowest BCUT2D eigenvalue weighted by molar-refractivity contribution is -0.274. The summed E-state index contributed by atoms with van der Waals surface area (Å²) >= 11 is 0. The SMILES string of the molecule is O=C(Nc1n[nH]c2cc(OCc3c(F)cccc3F)ccc12)c1ccc(OC(F)(F)F)cc1. The molecular weight excluding hydrogens is 449 g/mol. The topological polar surface area (TPSA) is 76.2 Å². The second kappa shape index (κ2) is 8.77. The highest BCUT2D eigenvalue weighted by molar-refractivity contribution is 6.07. The standard InChI is InChI=1S/C22H14F5N3O3/c23-17-2-1-3-18(24)16(17)11-32-14-8-9-15-19(10-14)29-30-20(15)28-21(31)12-4-6-13(7-5-12)33-22(25,26)27/h1-10H,11H2,(H2,28,29,30,31). The summed E-state index contributed by atoms with van der Waals surface area (Å²) in [5.41, 5.74) is 0.361. The fraction of sp³-hybridized carbons (Fsp3) is 0.0909. The molecule has 2 N–H and O–H groups in total. The third-order valence-corrected chi connectivity index (χ3v) is 4.56. The van der Waals surface area contributed by atoms with Crippen molar-refractivity contribution in [3.05, 3.63) is 83.4 Å². The lowest BCUT2D eigenvalue weighted by atomic mass is 10.2. The molecule has 3 aromatic carbocycles. The van der Waals surface area contributed by atoms with E-state index in [2.05, 4.69) is 20.3 Å². The zero-order valence-electron chi connectivity index (χ0n) is 16.5. The molecule has 0 unspecified atom stereocenters. The molecule has 1 aromatic heterocycles. The number of alkyl halides is 3. The first-order valence-electron chi connectivity index (χ1n) is 9.40. The molecule has 0 aliphatic carbocycles. The third kappa shape index (κ3) is 5.20. The highest BCUT2D eigenvalue weighted by Crippen LogP contribution is 2.27. The number of amides is 1. The molecule has 0 atom stereocenters. The summed E-state index contributed by atoms with van der Waals surface area (Å²) in [6.07, 6.45) is -4.83. The van der Waals surface area contributed by atoms with Gasteiger partial charge in [0.15, 0.2) is 5.82 Å². The molecule has 1 amide bonds. The molecule has 0 saturated carbocycles. The van der Waals surface area contributed by atoms with Crippen LogP contribution in [0.5, 0.6) is 11.5 Å². The Morgan fingerprint density at radius 2 is 1.64 bits per heavy atom. The monoisotopic (exact) mass is 463 g/mol. The van der Waals surface area contributed by atoms with E-state index in [1.54, 1.807) is 12.1 Å². The Balaban J connectivity index is 1.44. The van der Waals surface area contributed by atoms with Gasteiger partial charge in [0.1, 0.15) is 29.7 Å². The summed E-state index contributed by atoms with van der Waals surface area (Å²) in [4.78, 5) is 12.4. The number of aromatic nitrogens is 2. The van der Waals surface area contributed by atoms with E-state index < -0.39 is 29.7 Å². The maximum Gasteiger partial charge on any atom is 0.573 e. The molecule has 11 heteroatoms. The van der Waals surface area contributed by atoms with Crippen molar-refractivity contribution in [1.82, 2.24) is 10.2 Å². The fourth-order valence-corrected chi connectivity index (χ4v) is 3.00. The van der Waals surface area contributed by atoms with Crippen molar-refractivity contribution in [2.45, 2.75) is 13.0 Å². The van der Waals surface area contributed by atoms with Gasteiger partial charge in [-0.05, 0) is 48.5 Å². The number of benzene rings is 3. The number of ether oxygens (including phenoxy) is 2. The number of fused-ring (bicyclic) bond motifs is 1. The third-order valence-electron chi connectivity index (χ3n) is 4.56. The molecule has 0 radical (unpaired) electrons. The Morgan fingerprint density at radius 1 is 0.970 bits per heavy atom. The van der Waals surface area contributed by atoms with Gasteiger partial charge in [-0.15, -0.1) is 13.2 Å². The molecule has 0 aliphatic rings. The molecule has 0 saturated heterocycles. The van der Waals surface area contributed by atoms with Gasteiger partial charge in [-0.25, -0.2) is 8.78 Å². The minimum absolute atomic E-state index is 0.0903. The number of nitrogens with zero attached hydrogens (tertiary/aromatic N) is 1. The van der Waals surface area contributed by atoms with Gasteiger partial charge in [0.2, 0.25) is 0 Å². The largest absolute Gasteiger partial charge is 0.573 e. The molecule has 4 rings (SSSR count). The fourth-order valence-electron chi connectivity index (χ4n) is 3.00. The van der Waals surface area contributed by atoms with Gasteiger partial charge in [-0.3, -0.25) is 9.89 Å². The Labute approximate surface area is 182 Å². The van der Waals surface area contributed by atoms with Gasteiger partial charge in [-0.1, -0.05) is 6.07 Å². The summed E-state index contributed by atoms with van der Waals surface area (Å²) in [5.74, 6) is -2.00. The first kappa shape index (κ1) is 22.1. The summed E-state index contributed by atoms with van der Waals surface area (Å²) in [6, 6.07) is 12.6. The van der Waals surface area contributed by atoms with Crippen molar-refractivity contribution in [1.29, 1.82) is 0 Å². The van der Waals surface area contributed by atoms with Gasteiger partial charge in [0, 0.05) is 17.0 Å². The van der Waals surface area contributed by atoms with Crippen LogP contribution in [0, 0.1) is 11.6 Å². The van der Waals surface area contributed by atoms with E-state index in [4.69, 9.17) is 4.74 Å². The predicted octanol–water partition coefficient (Wildman–Crippen LogP) is 5.57. The number of hydrogen-bond acceptors (Lipinski definition) is 4. The molecule has 0 bridgehead atoms. The molecule has 6 nitrogen and oxygen atoms in total. The summed E-state index contributed by atoms with van der Waals surface area (Å²) in [5, 5.41) is 9.79. The highest BCUT2D eigenvalue weighted by atomic mass is 19.4. The van der Waals surface area contributed by atoms with Crippen molar-refractivity contribution in [3.63, 3.8) is 0 Å². The van der Waals surface area contributed by atoms with Crippen LogP contribution in [0.15, 0.2) is 60.7 Å². The Morgan fingerprint density at radius 3 is 2.30 bits per heavy atom. The molecule has 170 valence electrons. The Hall–Kier alpha value is -4.15. The van der Waals surface area contributed by atoms with Crippen LogP contribution in [0.2, 0.25) is 0 Å². The number of anilines is 1. The number of H-pyrrole nitrogens is 1. The van der Waals surface area contributed by atoms with E-state index in [0.717, 1.165) is 24.3 Å². The van der Waals surface area contributed by atoms with E-state index in [0.29, 0.717) is 16.7 Å². The molecule has 0 aliphatic heterocycles. The zero-order valence-corrected chi connectivity index (χ0v) is 16.5. The first-order chi connectivity index (χ1) is 15.7. The van der Waals surface area contributed by atoms with Gasteiger partial charge in [-0.2, -0.15) is 5.10 Å². The van der Waals surface area contributed by atoms with Crippen LogP contribution in [-0.4, -0.2) is 22.5 Å². The van der Waals surface area contributed by atoms with Crippen LogP contribution in [0.1, 0.15) is 15.9 Å². The second-order valence-corrected chi connectivity index (χ2v) is 6.79. The minimum atomic E-state index is -4.83. The summed E-state index contributed by atoms with van der Waals surface area (Å²) in [7, 11) is 0. The maximum absolute atomic E-state index is 13.7. The minimum Gasteiger partial charge on any atom is -0.489 e. The number of halogens is 5. The van der Waals surface area contributed by atoms with E-state index in [1.807, 2.05) is 0 Å². The van der Waals surface area contributed by atoms with Gasteiger partial charge >= 0.3 is 6.36 Å². The van der Waals surface area contributed by atoms with Crippen LogP contribution >= 0.6 is 0 Å². The predicted molar refractivity (Wildman–Crippen MR) is 108 cm³/mol. The number of aromatic amines is 1. The number of hydrogen-bond donors (Lipinski definition) is 2. The molecular formula is C22H14F5N3O3. The number of carbonyl (C=O) groups is 1. The average molecular weight is 463 g/mol. The number of rotatable bonds is 6. The molecule has 0 fully saturated rings. The Kier molecular flexibility index (Phi) is 5.86. The van der Waals surface area contributed by atoms with E-state index in [9.17, 15) is 26.7 Å². The van der Waals surface area contributed by atoms with E-state index in [1.165, 1.54) is 24.3 Å². The molecule has 0 spiro atoms. The second-order valence-electron chi connectivity index (χ2n) is 6.79. The van der Waals surface area contributed by atoms with Crippen molar-refractivity contribution >= 4 is 22.6 Å². The van der Waals surface area contributed by atoms with Crippen molar-refractivity contribution in [2.75, 3.05) is 5.32 Å². The average Bonchev–Trinajstić information content (AvgIpc) is 3.14.